The smallest absolute Gasteiger partial charge is 0.330 e. The Balaban J connectivity index is 0. The van der Waals surface area contributed by atoms with E-state index in [9.17, 15) is 4.79 Å². The van der Waals surface area contributed by atoms with Crippen LogP contribution in [0.1, 0.15) is 13.3 Å². The molecule has 0 aliphatic rings. The molecule has 3 nitrogen and oxygen atoms in total. The Morgan fingerprint density at radius 1 is 1.36 bits per heavy atom. The summed E-state index contributed by atoms with van der Waals surface area (Å²) < 4.78 is 5.65. The van der Waals surface area contributed by atoms with E-state index in [1.807, 2.05) is 6.08 Å². The fraction of sp³-hybridized carbons (Fsp3) is 0.700. The Morgan fingerprint density at radius 3 is 2.36 bits per heavy atom. The molecule has 0 aromatic rings. The van der Waals surface area contributed by atoms with E-state index in [-0.39, 0.29) is 23.0 Å². The summed E-state index contributed by atoms with van der Waals surface area (Å²) in [6.45, 7) is 3.27. The lowest BCUT2D eigenvalue weighted by Gasteiger charge is -2.22. The molecular weight excluding hydrogens is 246 g/mol. The summed E-state index contributed by atoms with van der Waals surface area (Å²) >= 11 is 0. The van der Waals surface area contributed by atoms with E-state index < -0.39 is 0 Å². The number of carbonyl (C=O) groups excluding carboxylic acids is 1. The SMILES string of the molecule is CCOC(=O)/C=C\CC[N+](C)(C)C.[Br-]. The zero-order valence-corrected chi connectivity index (χ0v) is 11.0. The molecule has 0 bridgehead atoms. The first kappa shape index (κ1) is 16.1. The number of quaternary nitrogens is 1. The van der Waals surface area contributed by atoms with Crippen molar-refractivity contribution in [2.24, 2.45) is 0 Å². The van der Waals surface area contributed by atoms with Crippen molar-refractivity contribution in [1.29, 1.82) is 0 Å². The quantitative estimate of drug-likeness (QED) is 0.334. The molecule has 0 heterocycles. The molecule has 0 aromatic carbocycles. The molecule has 0 aromatic heterocycles. The van der Waals surface area contributed by atoms with Gasteiger partial charge in [-0.2, -0.15) is 0 Å². The van der Waals surface area contributed by atoms with Gasteiger partial charge in [0.05, 0.1) is 34.3 Å². The molecule has 84 valence electrons. The van der Waals surface area contributed by atoms with Crippen LogP contribution in [0, 0.1) is 0 Å². The van der Waals surface area contributed by atoms with Gasteiger partial charge in [-0.25, -0.2) is 4.79 Å². The van der Waals surface area contributed by atoms with E-state index in [1.165, 1.54) is 6.08 Å². The van der Waals surface area contributed by atoms with Crippen LogP contribution in [0.4, 0.5) is 0 Å². The van der Waals surface area contributed by atoms with E-state index >= 15 is 0 Å². The molecule has 14 heavy (non-hydrogen) atoms. The zero-order chi connectivity index (χ0) is 10.3. The van der Waals surface area contributed by atoms with E-state index in [4.69, 9.17) is 4.74 Å². The number of hydrogen-bond acceptors (Lipinski definition) is 2. The van der Waals surface area contributed by atoms with Crippen molar-refractivity contribution in [2.75, 3.05) is 34.3 Å². The van der Waals surface area contributed by atoms with Gasteiger partial charge in [-0.1, -0.05) is 6.08 Å². The van der Waals surface area contributed by atoms with Crippen LogP contribution in [0.5, 0.6) is 0 Å². The van der Waals surface area contributed by atoms with Gasteiger partial charge in [0, 0.05) is 12.5 Å². The van der Waals surface area contributed by atoms with Crippen molar-refractivity contribution in [1.82, 2.24) is 0 Å². The van der Waals surface area contributed by atoms with Gasteiger partial charge in [-0.3, -0.25) is 0 Å². The third-order valence-corrected chi connectivity index (χ3v) is 1.51. The average molecular weight is 266 g/mol. The van der Waals surface area contributed by atoms with Crippen molar-refractivity contribution >= 4 is 5.97 Å². The third-order valence-electron chi connectivity index (χ3n) is 1.51. The lowest BCUT2D eigenvalue weighted by molar-refractivity contribution is -0.869. The Bertz CT molecular complexity index is 185. The maximum atomic E-state index is 10.9. The molecule has 0 rings (SSSR count). The number of halogens is 1. The molecule has 0 atom stereocenters. The molecule has 4 heteroatoms. The number of hydrogen-bond donors (Lipinski definition) is 0. The molecule has 0 aliphatic carbocycles. The summed E-state index contributed by atoms with van der Waals surface area (Å²) in [7, 11) is 6.37. The lowest BCUT2D eigenvalue weighted by Crippen LogP contribution is -3.00. The van der Waals surface area contributed by atoms with Crippen LogP contribution < -0.4 is 17.0 Å². The first-order valence-corrected chi connectivity index (χ1v) is 4.59. The van der Waals surface area contributed by atoms with E-state index in [0.29, 0.717) is 6.61 Å². The van der Waals surface area contributed by atoms with Crippen LogP contribution in [0.25, 0.3) is 0 Å². The van der Waals surface area contributed by atoms with Gasteiger partial charge in [0.15, 0.2) is 0 Å². The molecule has 0 radical (unpaired) electrons. The average Bonchev–Trinajstić information content (AvgIpc) is 1.97. The van der Waals surface area contributed by atoms with Crippen molar-refractivity contribution < 1.29 is 31.0 Å². The lowest BCUT2D eigenvalue weighted by atomic mass is 10.3. The molecule has 0 amide bonds. The van der Waals surface area contributed by atoms with Gasteiger partial charge in [0.2, 0.25) is 0 Å². The highest BCUT2D eigenvalue weighted by Gasteiger charge is 2.03. The summed E-state index contributed by atoms with van der Waals surface area (Å²) in [4.78, 5) is 10.9. The van der Waals surface area contributed by atoms with Crippen molar-refractivity contribution in [3.05, 3.63) is 12.2 Å². The molecule has 0 fully saturated rings. The topological polar surface area (TPSA) is 26.3 Å². The summed E-state index contributed by atoms with van der Waals surface area (Å²) in [6, 6.07) is 0. The van der Waals surface area contributed by atoms with Crippen LogP contribution >= 0.6 is 0 Å². The van der Waals surface area contributed by atoms with Crippen LogP contribution in [-0.4, -0.2) is 44.7 Å². The zero-order valence-electron chi connectivity index (χ0n) is 9.42. The standard InChI is InChI=1S/C10H20NO2.BrH/c1-5-13-10(12)8-6-7-9-11(2,3)4;/h6,8H,5,7,9H2,1-4H3;1H/q+1;/p-1/b8-6-;. The minimum absolute atomic E-state index is 0. The predicted molar refractivity (Wildman–Crippen MR) is 53.3 cm³/mol. The van der Waals surface area contributed by atoms with Gasteiger partial charge in [-0.05, 0) is 6.92 Å². The first-order valence-electron chi connectivity index (χ1n) is 4.59. The summed E-state index contributed by atoms with van der Waals surface area (Å²) in [6.07, 6.45) is 4.27. The fourth-order valence-electron chi connectivity index (χ4n) is 0.832. The second-order valence-electron chi connectivity index (χ2n) is 3.96. The highest BCUT2D eigenvalue weighted by Crippen LogP contribution is 1.94. The minimum atomic E-state index is -0.246. The second-order valence-corrected chi connectivity index (χ2v) is 3.96. The molecule has 0 spiro atoms. The monoisotopic (exact) mass is 265 g/mol. The Hall–Kier alpha value is -0.350. The molecule has 0 aliphatic heterocycles. The van der Waals surface area contributed by atoms with E-state index in [1.54, 1.807) is 6.92 Å². The highest BCUT2D eigenvalue weighted by molar-refractivity contribution is 5.81. The van der Waals surface area contributed by atoms with Gasteiger partial charge < -0.3 is 26.2 Å². The summed E-state index contributed by atoms with van der Waals surface area (Å²) in [5.74, 6) is -0.246. The predicted octanol–water partition coefficient (Wildman–Crippen LogP) is -1.79. The maximum Gasteiger partial charge on any atom is 0.330 e. The van der Waals surface area contributed by atoms with Gasteiger partial charge in [0.25, 0.3) is 0 Å². The van der Waals surface area contributed by atoms with E-state index in [0.717, 1.165) is 17.4 Å². The van der Waals surface area contributed by atoms with Gasteiger partial charge >= 0.3 is 5.97 Å². The largest absolute Gasteiger partial charge is 1.00 e. The van der Waals surface area contributed by atoms with E-state index in [2.05, 4.69) is 21.1 Å². The fourth-order valence-corrected chi connectivity index (χ4v) is 0.832. The normalized spacial score (nSPS) is 11.1. The highest BCUT2D eigenvalue weighted by atomic mass is 79.9. The Labute approximate surface area is 97.1 Å². The summed E-state index contributed by atoms with van der Waals surface area (Å²) in [5.41, 5.74) is 0. The molecule has 0 saturated heterocycles. The number of nitrogens with zero attached hydrogens (tertiary/aromatic N) is 1. The van der Waals surface area contributed by atoms with Crippen molar-refractivity contribution in [2.45, 2.75) is 13.3 Å². The van der Waals surface area contributed by atoms with Crippen LogP contribution in [0.15, 0.2) is 12.2 Å². The number of ether oxygens (including phenoxy) is 1. The summed E-state index contributed by atoms with van der Waals surface area (Å²) in [5, 5.41) is 0. The molecular formula is C10H20BrNO2. The van der Waals surface area contributed by atoms with Gasteiger partial charge in [-0.15, -0.1) is 0 Å². The second kappa shape index (κ2) is 8.00. The van der Waals surface area contributed by atoms with Crippen LogP contribution in [0.3, 0.4) is 0 Å². The van der Waals surface area contributed by atoms with Crippen LogP contribution in [-0.2, 0) is 9.53 Å². The Kier molecular flexibility index (Phi) is 9.20. The van der Waals surface area contributed by atoms with Crippen molar-refractivity contribution in [3.8, 4) is 0 Å². The van der Waals surface area contributed by atoms with Crippen LogP contribution in [0.2, 0.25) is 0 Å². The molecule has 0 saturated carbocycles. The molecule has 0 N–H and O–H groups in total. The third kappa shape index (κ3) is 11.6. The first-order chi connectivity index (χ1) is 5.95. The number of esters is 1. The van der Waals surface area contributed by atoms with Gasteiger partial charge in [0.1, 0.15) is 0 Å². The Morgan fingerprint density at radius 2 is 1.93 bits per heavy atom. The molecule has 0 unspecified atom stereocenters. The van der Waals surface area contributed by atoms with Crippen molar-refractivity contribution in [3.63, 3.8) is 0 Å². The number of carbonyl (C=O) groups is 1. The maximum absolute atomic E-state index is 10.9. The number of rotatable bonds is 5. The minimum Gasteiger partial charge on any atom is -1.00 e.